The molecule has 7 rings (SSSR count). The summed E-state index contributed by atoms with van der Waals surface area (Å²) < 4.78 is 9.72. The second-order valence-electron chi connectivity index (χ2n) is 8.64. The lowest BCUT2D eigenvalue weighted by Gasteiger charge is -2.11. The van der Waals surface area contributed by atoms with Crippen molar-refractivity contribution in [2.75, 3.05) is 0 Å². The minimum atomic E-state index is 0.589. The molecule has 7 aromatic rings. The second-order valence-corrected chi connectivity index (χ2v) is 8.64. The molecule has 0 spiro atoms. The van der Waals surface area contributed by atoms with E-state index in [1.807, 2.05) is 24.3 Å². The van der Waals surface area contributed by atoms with E-state index < -0.39 is 0 Å². The first kappa shape index (κ1) is 19.9. The first-order chi connectivity index (χ1) is 17.3. The van der Waals surface area contributed by atoms with Crippen molar-refractivity contribution < 1.29 is 9.68 Å². The maximum absolute atomic E-state index is 8.94. The van der Waals surface area contributed by atoms with E-state index in [-0.39, 0.29) is 0 Å². The number of para-hydroxylation sites is 3. The van der Waals surface area contributed by atoms with Gasteiger partial charge in [0.25, 0.3) is 0 Å². The maximum Gasteiger partial charge on any atom is 0.569 e. The van der Waals surface area contributed by atoms with Gasteiger partial charge in [0.1, 0.15) is 5.75 Å². The van der Waals surface area contributed by atoms with Gasteiger partial charge in [0, 0.05) is 32.9 Å². The van der Waals surface area contributed by atoms with Crippen LogP contribution in [0.2, 0.25) is 0 Å². The van der Waals surface area contributed by atoms with Crippen LogP contribution in [0.5, 0.6) is 5.75 Å². The highest BCUT2D eigenvalue weighted by molar-refractivity contribution is 6.17. The number of hydrogen-bond acceptors (Lipinski definition) is 2. The lowest BCUT2D eigenvalue weighted by atomic mass is 10.1. The molecule has 4 nitrogen and oxygen atoms in total. The first-order valence-electron chi connectivity index (χ1n) is 11.6. The van der Waals surface area contributed by atoms with Crippen LogP contribution in [0.4, 0.5) is 0 Å². The standard InChI is InChI=1S/C30H20BN2O2/c34-31-35-22-16-13-20(14-17-22)32-29-12-6-3-9-25(29)26-19-21(15-18-30(26)32)33-27-10-4-1-7-23(27)24-8-2-5-11-28(24)33/h1-19,34H. The molecule has 0 aliphatic carbocycles. The summed E-state index contributed by atoms with van der Waals surface area (Å²) >= 11 is 0. The third-order valence-electron chi connectivity index (χ3n) is 6.78. The van der Waals surface area contributed by atoms with Gasteiger partial charge >= 0.3 is 7.69 Å². The van der Waals surface area contributed by atoms with Gasteiger partial charge in [-0.2, -0.15) is 0 Å². The van der Waals surface area contributed by atoms with E-state index in [0.29, 0.717) is 13.4 Å². The van der Waals surface area contributed by atoms with Gasteiger partial charge in [-0.3, -0.25) is 0 Å². The van der Waals surface area contributed by atoms with Crippen molar-refractivity contribution in [2.45, 2.75) is 0 Å². The molecule has 0 bridgehead atoms. The van der Waals surface area contributed by atoms with Gasteiger partial charge in [0.15, 0.2) is 0 Å². The molecule has 0 atom stereocenters. The Morgan fingerprint density at radius 2 is 0.943 bits per heavy atom. The fourth-order valence-corrected chi connectivity index (χ4v) is 5.31. The normalized spacial score (nSPS) is 11.6. The Balaban J connectivity index is 1.50. The zero-order valence-corrected chi connectivity index (χ0v) is 18.8. The Morgan fingerprint density at radius 1 is 0.486 bits per heavy atom. The van der Waals surface area contributed by atoms with Crippen molar-refractivity contribution >= 4 is 51.3 Å². The third kappa shape index (κ3) is 2.99. The summed E-state index contributed by atoms with van der Waals surface area (Å²) in [5.74, 6) is 0.589. The molecule has 0 aliphatic heterocycles. The lowest BCUT2D eigenvalue weighted by Crippen LogP contribution is -2.00. The molecular formula is C30H20BN2O2. The van der Waals surface area contributed by atoms with Gasteiger partial charge in [-0.05, 0) is 60.7 Å². The van der Waals surface area contributed by atoms with Crippen LogP contribution in [0.15, 0.2) is 115 Å². The Kier molecular flexibility index (Phi) is 4.44. The number of nitrogens with zero attached hydrogens (tertiary/aromatic N) is 2. The zero-order chi connectivity index (χ0) is 23.4. The minimum absolute atomic E-state index is 0.589. The van der Waals surface area contributed by atoms with Crippen molar-refractivity contribution in [3.8, 4) is 17.1 Å². The van der Waals surface area contributed by atoms with E-state index in [0.717, 1.165) is 22.4 Å². The predicted octanol–water partition coefficient (Wildman–Crippen LogP) is 6.79. The lowest BCUT2D eigenvalue weighted by molar-refractivity contribution is 0.454. The Bertz CT molecular complexity index is 1810. The van der Waals surface area contributed by atoms with E-state index in [1.165, 1.54) is 32.6 Å². The highest BCUT2D eigenvalue weighted by atomic mass is 16.5. The van der Waals surface area contributed by atoms with Crippen LogP contribution < -0.4 is 4.65 Å². The summed E-state index contributed by atoms with van der Waals surface area (Å²) in [7, 11) is 0.700. The molecule has 35 heavy (non-hydrogen) atoms. The molecule has 0 amide bonds. The van der Waals surface area contributed by atoms with Crippen molar-refractivity contribution in [3.05, 3.63) is 115 Å². The first-order valence-corrected chi connectivity index (χ1v) is 11.6. The van der Waals surface area contributed by atoms with Crippen LogP contribution in [0.25, 0.3) is 55.0 Å². The summed E-state index contributed by atoms with van der Waals surface area (Å²) in [5.41, 5.74) is 6.86. The highest BCUT2D eigenvalue weighted by Crippen LogP contribution is 2.36. The Hall–Kier alpha value is -4.48. The third-order valence-corrected chi connectivity index (χ3v) is 6.78. The quantitative estimate of drug-likeness (QED) is 0.300. The van der Waals surface area contributed by atoms with Crippen LogP contribution in [0, 0.1) is 0 Å². The molecule has 0 fully saturated rings. The van der Waals surface area contributed by atoms with Gasteiger partial charge in [-0.15, -0.1) is 0 Å². The fourth-order valence-electron chi connectivity index (χ4n) is 5.31. The summed E-state index contributed by atoms with van der Waals surface area (Å²) in [6.45, 7) is 0. The minimum Gasteiger partial charge on any atom is -0.537 e. The number of fused-ring (bicyclic) bond motifs is 6. The van der Waals surface area contributed by atoms with E-state index in [9.17, 15) is 0 Å². The predicted molar refractivity (Wildman–Crippen MR) is 144 cm³/mol. The molecule has 165 valence electrons. The smallest absolute Gasteiger partial charge is 0.537 e. The average molecular weight is 451 g/mol. The van der Waals surface area contributed by atoms with E-state index in [4.69, 9.17) is 9.68 Å². The van der Waals surface area contributed by atoms with Gasteiger partial charge < -0.3 is 18.8 Å². The molecule has 5 aromatic carbocycles. The monoisotopic (exact) mass is 451 g/mol. The van der Waals surface area contributed by atoms with Gasteiger partial charge in [0.2, 0.25) is 0 Å². The number of aromatic nitrogens is 2. The van der Waals surface area contributed by atoms with E-state index in [2.05, 4.69) is 100 Å². The molecule has 0 unspecified atom stereocenters. The van der Waals surface area contributed by atoms with Gasteiger partial charge in [-0.1, -0.05) is 54.6 Å². The van der Waals surface area contributed by atoms with Gasteiger partial charge in [0.05, 0.1) is 22.1 Å². The number of hydrogen-bond donors (Lipinski definition) is 1. The van der Waals surface area contributed by atoms with Crippen LogP contribution in [0.3, 0.4) is 0 Å². The molecule has 0 aliphatic rings. The molecule has 5 heteroatoms. The van der Waals surface area contributed by atoms with E-state index in [1.54, 1.807) is 0 Å². The molecule has 2 heterocycles. The number of rotatable bonds is 4. The molecule has 2 aromatic heterocycles. The van der Waals surface area contributed by atoms with Crippen molar-refractivity contribution in [3.63, 3.8) is 0 Å². The van der Waals surface area contributed by atoms with Crippen molar-refractivity contribution in [1.29, 1.82) is 0 Å². The van der Waals surface area contributed by atoms with Crippen molar-refractivity contribution in [1.82, 2.24) is 9.13 Å². The summed E-state index contributed by atoms with van der Waals surface area (Å²) in [6, 6.07) is 40.1. The topological polar surface area (TPSA) is 39.3 Å². The maximum atomic E-state index is 8.94. The Labute approximate surface area is 202 Å². The Morgan fingerprint density at radius 3 is 1.51 bits per heavy atom. The van der Waals surface area contributed by atoms with E-state index >= 15 is 0 Å². The van der Waals surface area contributed by atoms with Crippen molar-refractivity contribution in [2.24, 2.45) is 0 Å². The molecule has 0 saturated carbocycles. The summed E-state index contributed by atoms with van der Waals surface area (Å²) in [5, 5.41) is 13.9. The highest BCUT2D eigenvalue weighted by Gasteiger charge is 2.16. The fraction of sp³-hybridized carbons (Fsp3) is 0. The van der Waals surface area contributed by atoms with Crippen LogP contribution in [0.1, 0.15) is 0 Å². The van der Waals surface area contributed by atoms with Crippen LogP contribution in [-0.4, -0.2) is 21.8 Å². The summed E-state index contributed by atoms with van der Waals surface area (Å²) in [6.07, 6.45) is 0. The molecular weight excluding hydrogens is 431 g/mol. The van der Waals surface area contributed by atoms with Crippen LogP contribution >= 0.6 is 0 Å². The summed E-state index contributed by atoms with van der Waals surface area (Å²) in [4.78, 5) is 0. The molecule has 0 saturated heterocycles. The zero-order valence-electron chi connectivity index (χ0n) is 18.8. The SMILES string of the molecule is O[B]Oc1ccc(-n2c3ccccc3c3cc(-n4c5ccccc5c5ccccc54)ccc32)cc1. The number of benzene rings is 5. The average Bonchev–Trinajstić information content (AvgIpc) is 3.42. The molecule has 1 N–H and O–H groups in total. The second kappa shape index (κ2) is 7.79. The van der Waals surface area contributed by atoms with Gasteiger partial charge in [-0.25, -0.2) is 0 Å². The van der Waals surface area contributed by atoms with Crippen LogP contribution in [-0.2, 0) is 0 Å². The molecule has 1 radical (unpaired) electrons. The largest absolute Gasteiger partial charge is 0.569 e.